The molecule has 0 spiro atoms. The normalized spacial score (nSPS) is 10.7. The third-order valence-corrected chi connectivity index (χ3v) is 3.08. The highest BCUT2D eigenvalue weighted by Gasteiger charge is 2.09. The molecule has 4 nitrogen and oxygen atoms in total. The van der Waals surface area contributed by atoms with E-state index in [1.54, 1.807) is 43.5 Å². The Bertz CT molecular complexity index is 740. The van der Waals surface area contributed by atoms with Gasteiger partial charge in [-0.15, -0.1) is 0 Å². The molecule has 0 heterocycles. The lowest BCUT2D eigenvalue weighted by Crippen LogP contribution is -2.13. The molecule has 1 amide bonds. The van der Waals surface area contributed by atoms with Crippen LogP contribution >= 0.6 is 0 Å². The molecule has 2 aromatic rings. The number of nitriles is 1. The number of methoxy groups -OCH3 is 1. The van der Waals surface area contributed by atoms with Crippen molar-refractivity contribution < 1.29 is 9.53 Å². The Balaban J connectivity index is 2.19. The standard InChI is InChI=1S/C18H16N2O2/c1-13-6-8-16(9-7-13)20-18(21)15(12-19)10-14-4-3-5-17(11-14)22-2/h3-11H,1-2H3,(H,20,21)/b15-10+. The van der Waals surface area contributed by atoms with Crippen LogP contribution in [0.5, 0.6) is 5.75 Å². The van der Waals surface area contributed by atoms with Gasteiger partial charge in [-0.2, -0.15) is 5.26 Å². The number of hydrogen-bond donors (Lipinski definition) is 1. The Morgan fingerprint density at radius 3 is 2.59 bits per heavy atom. The van der Waals surface area contributed by atoms with Gasteiger partial charge in [-0.3, -0.25) is 4.79 Å². The summed E-state index contributed by atoms with van der Waals surface area (Å²) in [7, 11) is 1.57. The number of carbonyl (C=O) groups excluding carboxylic acids is 1. The van der Waals surface area contributed by atoms with Crippen molar-refractivity contribution in [2.75, 3.05) is 12.4 Å². The predicted molar refractivity (Wildman–Crippen MR) is 86.4 cm³/mol. The van der Waals surface area contributed by atoms with E-state index in [0.717, 1.165) is 11.1 Å². The zero-order chi connectivity index (χ0) is 15.9. The summed E-state index contributed by atoms with van der Waals surface area (Å²) < 4.78 is 5.12. The van der Waals surface area contributed by atoms with Gasteiger partial charge in [0.05, 0.1) is 7.11 Å². The Labute approximate surface area is 129 Å². The predicted octanol–water partition coefficient (Wildman–Crippen LogP) is 3.55. The van der Waals surface area contributed by atoms with E-state index in [0.29, 0.717) is 11.4 Å². The van der Waals surface area contributed by atoms with Crippen LogP contribution in [0.3, 0.4) is 0 Å². The number of rotatable bonds is 4. The van der Waals surface area contributed by atoms with Crippen LogP contribution in [0.2, 0.25) is 0 Å². The lowest BCUT2D eigenvalue weighted by atomic mass is 10.1. The van der Waals surface area contributed by atoms with Gasteiger partial charge in [-0.25, -0.2) is 0 Å². The molecule has 2 rings (SSSR count). The molecule has 0 aliphatic heterocycles. The van der Waals surface area contributed by atoms with Gasteiger partial charge in [-0.05, 0) is 42.8 Å². The van der Waals surface area contributed by atoms with Crippen LogP contribution in [0.15, 0.2) is 54.1 Å². The molecule has 4 heteroatoms. The SMILES string of the molecule is COc1cccc(/C=C(\C#N)C(=O)Nc2ccc(C)cc2)c1. The zero-order valence-electron chi connectivity index (χ0n) is 12.5. The van der Waals surface area contributed by atoms with Gasteiger partial charge in [0.15, 0.2) is 0 Å². The van der Waals surface area contributed by atoms with E-state index < -0.39 is 5.91 Å². The average Bonchev–Trinajstić information content (AvgIpc) is 2.54. The second kappa shape index (κ2) is 7.09. The van der Waals surface area contributed by atoms with E-state index in [9.17, 15) is 10.1 Å². The maximum absolute atomic E-state index is 12.2. The third-order valence-electron chi connectivity index (χ3n) is 3.08. The van der Waals surface area contributed by atoms with Crippen LogP contribution < -0.4 is 10.1 Å². The summed E-state index contributed by atoms with van der Waals surface area (Å²) in [6, 6.07) is 16.5. The van der Waals surface area contributed by atoms with Gasteiger partial charge in [0.25, 0.3) is 5.91 Å². The number of aryl methyl sites for hydroxylation is 1. The first-order valence-corrected chi connectivity index (χ1v) is 6.76. The van der Waals surface area contributed by atoms with Gasteiger partial charge in [-0.1, -0.05) is 29.8 Å². The molecular weight excluding hydrogens is 276 g/mol. The second-order valence-electron chi connectivity index (χ2n) is 4.77. The van der Waals surface area contributed by atoms with E-state index in [-0.39, 0.29) is 5.57 Å². The minimum absolute atomic E-state index is 0.0360. The highest BCUT2D eigenvalue weighted by atomic mass is 16.5. The van der Waals surface area contributed by atoms with Crippen LogP contribution in [0.1, 0.15) is 11.1 Å². The molecule has 0 saturated carbocycles. The summed E-state index contributed by atoms with van der Waals surface area (Å²) in [6.07, 6.45) is 1.53. The van der Waals surface area contributed by atoms with Gasteiger partial charge in [0, 0.05) is 5.69 Å². The fourth-order valence-corrected chi connectivity index (χ4v) is 1.88. The summed E-state index contributed by atoms with van der Waals surface area (Å²) in [5, 5.41) is 11.9. The first-order valence-electron chi connectivity index (χ1n) is 6.76. The highest BCUT2D eigenvalue weighted by Crippen LogP contribution is 2.16. The summed E-state index contributed by atoms with van der Waals surface area (Å²) in [5.41, 5.74) is 2.52. The molecule has 0 aromatic heterocycles. The molecule has 0 saturated heterocycles. The Morgan fingerprint density at radius 2 is 1.95 bits per heavy atom. The van der Waals surface area contributed by atoms with E-state index >= 15 is 0 Å². The van der Waals surface area contributed by atoms with Crippen molar-refractivity contribution in [1.82, 2.24) is 0 Å². The molecular formula is C18H16N2O2. The maximum atomic E-state index is 12.2. The van der Waals surface area contributed by atoms with Gasteiger partial charge in [0.1, 0.15) is 17.4 Å². The molecule has 0 aliphatic carbocycles. The van der Waals surface area contributed by atoms with Gasteiger partial charge >= 0.3 is 0 Å². The molecule has 0 atom stereocenters. The molecule has 0 unspecified atom stereocenters. The first-order chi connectivity index (χ1) is 10.6. The fourth-order valence-electron chi connectivity index (χ4n) is 1.88. The number of carbonyl (C=O) groups is 1. The van der Waals surface area contributed by atoms with E-state index in [2.05, 4.69) is 5.32 Å². The smallest absolute Gasteiger partial charge is 0.266 e. The lowest BCUT2D eigenvalue weighted by Gasteiger charge is -2.05. The quantitative estimate of drug-likeness (QED) is 0.692. The van der Waals surface area contributed by atoms with Crippen LogP contribution in [0.25, 0.3) is 6.08 Å². The fraction of sp³-hybridized carbons (Fsp3) is 0.111. The van der Waals surface area contributed by atoms with Crippen molar-refractivity contribution in [2.45, 2.75) is 6.92 Å². The van der Waals surface area contributed by atoms with E-state index in [1.165, 1.54) is 6.08 Å². The van der Waals surface area contributed by atoms with Crippen molar-refractivity contribution in [3.63, 3.8) is 0 Å². The largest absolute Gasteiger partial charge is 0.497 e. The number of ether oxygens (including phenoxy) is 1. The zero-order valence-corrected chi connectivity index (χ0v) is 12.5. The van der Waals surface area contributed by atoms with Crippen molar-refractivity contribution in [3.8, 4) is 11.8 Å². The number of hydrogen-bond acceptors (Lipinski definition) is 3. The van der Waals surface area contributed by atoms with Crippen LogP contribution in [0.4, 0.5) is 5.69 Å². The second-order valence-corrected chi connectivity index (χ2v) is 4.77. The van der Waals surface area contributed by atoms with Gasteiger partial charge < -0.3 is 10.1 Å². The summed E-state index contributed by atoms with van der Waals surface area (Å²) in [5.74, 6) is 0.235. The molecule has 22 heavy (non-hydrogen) atoms. The van der Waals surface area contributed by atoms with Crippen molar-refractivity contribution in [2.24, 2.45) is 0 Å². The van der Waals surface area contributed by atoms with Gasteiger partial charge in [0.2, 0.25) is 0 Å². The monoisotopic (exact) mass is 292 g/mol. The number of anilines is 1. The lowest BCUT2D eigenvalue weighted by molar-refractivity contribution is -0.112. The molecule has 0 bridgehead atoms. The molecule has 0 fully saturated rings. The molecule has 1 N–H and O–H groups in total. The first kappa shape index (κ1) is 15.3. The number of benzene rings is 2. The summed E-state index contributed by atoms with van der Waals surface area (Å²) >= 11 is 0. The Kier molecular flexibility index (Phi) is 4.94. The molecule has 2 aromatic carbocycles. The van der Waals surface area contributed by atoms with E-state index in [1.807, 2.05) is 25.1 Å². The summed E-state index contributed by atoms with van der Waals surface area (Å²) in [6.45, 7) is 1.97. The van der Waals surface area contributed by atoms with Crippen molar-refractivity contribution in [1.29, 1.82) is 5.26 Å². The van der Waals surface area contributed by atoms with Crippen molar-refractivity contribution >= 4 is 17.7 Å². The van der Waals surface area contributed by atoms with Crippen LogP contribution in [-0.4, -0.2) is 13.0 Å². The summed E-state index contributed by atoms with van der Waals surface area (Å²) in [4.78, 5) is 12.2. The van der Waals surface area contributed by atoms with Crippen LogP contribution in [0, 0.1) is 18.3 Å². The molecule has 0 aliphatic rings. The Hall–Kier alpha value is -3.06. The highest BCUT2D eigenvalue weighted by molar-refractivity contribution is 6.09. The number of nitrogens with one attached hydrogen (secondary N) is 1. The Morgan fingerprint density at radius 1 is 1.23 bits per heavy atom. The number of amides is 1. The maximum Gasteiger partial charge on any atom is 0.266 e. The minimum atomic E-state index is -0.436. The molecule has 0 radical (unpaired) electrons. The topological polar surface area (TPSA) is 62.1 Å². The van der Waals surface area contributed by atoms with Crippen LogP contribution in [-0.2, 0) is 4.79 Å². The minimum Gasteiger partial charge on any atom is -0.497 e. The van der Waals surface area contributed by atoms with E-state index in [4.69, 9.17) is 4.74 Å². The third kappa shape index (κ3) is 3.97. The average molecular weight is 292 g/mol. The van der Waals surface area contributed by atoms with Crippen molar-refractivity contribution in [3.05, 3.63) is 65.2 Å². The molecule has 110 valence electrons. The number of nitrogens with zero attached hydrogens (tertiary/aromatic N) is 1.